The lowest BCUT2D eigenvalue weighted by molar-refractivity contribution is -0.386. The number of anilines is 1. The number of nitrogens with zero attached hydrogens (tertiary/aromatic N) is 2. The smallest absolute Gasteiger partial charge is 0.331 e. The predicted molar refractivity (Wildman–Crippen MR) is 58.2 cm³/mol. The van der Waals surface area contributed by atoms with Crippen molar-refractivity contribution < 1.29 is 9.66 Å². The summed E-state index contributed by atoms with van der Waals surface area (Å²) in [4.78, 5) is 14.1. The van der Waals surface area contributed by atoms with Crippen LogP contribution >= 0.6 is 0 Å². The van der Waals surface area contributed by atoms with Gasteiger partial charge in [0.2, 0.25) is 0 Å². The molecule has 0 bridgehead atoms. The number of aromatic nitrogens is 1. The first-order valence-electron chi connectivity index (χ1n) is 5.24. The minimum Gasteiger partial charge on any atom is -0.469 e. The van der Waals surface area contributed by atoms with Gasteiger partial charge in [0.15, 0.2) is 0 Å². The SMILES string of the molecule is Nc1ccc([N+](=O)[O-])c(OC2CCCC2)n1. The summed E-state index contributed by atoms with van der Waals surface area (Å²) in [5.41, 5.74) is 5.36. The van der Waals surface area contributed by atoms with Crippen LogP contribution in [0.4, 0.5) is 11.5 Å². The Hall–Kier alpha value is -1.85. The number of rotatable bonds is 3. The van der Waals surface area contributed by atoms with Gasteiger partial charge in [0.05, 0.1) is 4.92 Å². The lowest BCUT2D eigenvalue weighted by Gasteiger charge is -2.11. The van der Waals surface area contributed by atoms with E-state index in [9.17, 15) is 10.1 Å². The Kier molecular flexibility index (Phi) is 2.89. The largest absolute Gasteiger partial charge is 0.469 e. The summed E-state index contributed by atoms with van der Waals surface area (Å²) in [5, 5.41) is 10.8. The number of hydrogen-bond donors (Lipinski definition) is 1. The number of nitrogen functional groups attached to an aromatic ring is 1. The molecule has 2 N–H and O–H groups in total. The van der Waals surface area contributed by atoms with Gasteiger partial charge in [0.1, 0.15) is 11.9 Å². The topological polar surface area (TPSA) is 91.3 Å². The molecule has 1 aliphatic rings. The van der Waals surface area contributed by atoms with Gasteiger partial charge in [-0.3, -0.25) is 10.1 Å². The molecule has 1 saturated carbocycles. The van der Waals surface area contributed by atoms with Crippen LogP contribution in [0.2, 0.25) is 0 Å². The maximum absolute atomic E-state index is 10.8. The zero-order valence-corrected chi connectivity index (χ0v) is 8.76. The summed E-state index contributed by atoms with van der Waals surface area (Å²) >= 11 is 0. The van der Waals surface area contributed by atoms with E-state index in [1.54, 1.807) is 0 Å². The van der Waals surface area contributed by atoms with E-state index in [2.05, 4.69) is 4.98 Å². The Morgan fingerprint density at radius 1 is 1.44 bits per heavy atom. The van der Waals surface area contributed by atoms with Crippen LogP contribution in [-0.2, 0) is 0 Å². The average Bonchev–Trinajstić information content (AvgIpc) is 2.70. The molecule has 0 aromatic carbocycles. The maximum Gasteiger partial charge on any atom is 0.331 e. The second-order valence-corrected chi connectivity index (χ2v) is 3.84. The second kappa shape index (κ2) is 4.34. The lowest BCUT2D eigenvalue weighted by Crippen LogP contribution is -2.13. The van der Waals surface area contributed by atoms with E-state index in [1.807, 2.05) is 0 Å². The van der Waals surface area contributed by atoms with Crippen LogP contribution < -0.4 is 10.5 Å². The van der Waals surface area contributed by atoms with Gasteiger partial charge in [-0.15, -0.1) is 0 Å². The molecule has 1 fully saturated rings. The number of hydrogen-bond acceptors (Lipinski definition) is 5. The zero-order chi connectivity index (χ0) is 11.5. The van der Waals surface area contributed by atoms with Gasteiger partial charge in [-0.25, -0.2) is 0 Å². The third-order valence-electron chi connectivity index (χ3n) is 2.64. The molecule has 0 radical (unpaired) electrons. The third kappa shape index (κ3) is 2.21. The van der Waals surface area contributed by atoms with Crippen molar-refractivity contribution in [1.29, 1.82) is 0 Å². The monoisotopic (exact) mass is 223 g/mol. The molecular weight excluding hydrogens is 210 g/mol. The summed E-state index contributed by atoms with van der Waals surface area (Å²) in [7, 11) is 0. The molecule has 6 nitrogen and oxygen atoms in total. The van der Waals surface area contributed by atoms with Gasteiger partial charge < -0.3 is 10.5 Å². The molecule has 1 aromatic heterocycles. The van der Waals surface area contributed by atoms with E-state index < -0.39 is 4.92 Å². The Bertz CT molecular complexity index is 402. The van der Waals surface area contributed by atoms with Crippen molar-refractivity contribution in [3.05, 3.63) is 22.2 Å². The lowest BCUT2D eigenvalue weighted by atomic mass is 10.3. The standard InChI is InChI=1S/C10H13N3O3/c11-9-6-5-8(13(14)15)10(12-9)16-7-3-1-2-4-7/h5-7H,1-4H2,(H2,11,12). The number of nitro groups is 1. The fourth-order valence-electron chi connectivity index (χ4n) is 1.84. The minimum absolute atomic E-state index is 0.0352. The van der Waals surface area contributed by atoms with Gasteiger partial charge in [-0.1, -0.05) is 0 Å². The van der Waals surface area contributed by atoms with Gasteiger partial charge in [0.25, 0.3) is 5.88 Å². The first kappa shape index (κ1) is 10.7. The van der Waals surface area contributed by atoms with E-state index in [4.69, 9.17) is 10.5 Å². The summed E-state index contributed by atoms with van der Waals surface area (Å²) in [6, 6.07) is 2.73. The van der Waals surface area contributed by atoms with E-state index in [0.717, 1.165) is 25.7 Å². The van der Waals surface area contributed by atoms with Gasteiger partial charge >= 0.3 is 5.69 Å². The highest BCUT2D eigenvalue weighted by Gasteiger charge is 2.23. The van der Waals surface area contributed by atoms with Crippen LogP contribution in [0.25, 0.3) is 0 Å². The van der Waals surface area contributed by atoms with Crippen molar-refractivity contribution in [2.45, 2.75) is 31.8 Å². The maximum atomic E-state index is 10.8. The van der Waals surface area contributed by atoms with Crippen molar-refractivity contribution in [3.8, 4) is 5.88 Å². The molecule has 0 spiro atoms. The van der Waals surface area contributed by atoms with Gasteiger partial charge in [-0.05, 0) is 31.7 Å². The molecule has 0 aliphatic heterocycles. The quantitative estimate of drug-likeness (QED) is 0.624. The fraction of sp³-hybridized carbons (Fsp3) is 0.500. The molecule has 0 unspecified atom stereocenters. The van der Waals surface area contributed by atoms with Crippen LogP contribution in [0.5, 0.6) is 5.88 Å². The molecule has 1 aromatic rings. The Balaban J connectivity index is 2.22. The number of nitrogens with two attached hydrogens (primary N) is 1. The van der Waals surface area contributed by atoms with Crippen molar-refractivity contribution in [2.24, 2.45) is 0 Å². The van der Waals surface area contributed by atoms with E-state index >= 15 is 0 Å². The van der Waals surface area contributed by atoms with Crippen LogP contribution in [0.3, 0.4) is 0 Å². The normalized spacial score (nSPS) is 16.2. The predicted octanol–water partition coefficient (Wildman–Crippen LogP) is 1.89. The van der Waals surface area contributed by atoms with Crippen LogP contribution in [0, 0.1) is 10.1 Å². The summed E-state index contributed by atoms with van der Waals surface area (Å²) in [6.45, 7) is 0. The Morgan fingerprint density at radius 2 is 2.12 bits per heavy atom. The van der Waals surface area contributed by atoms with Crippen molar-refractivity contribution in [1.82, 2.24) is 4.98 Å². The third-order valence-corrected chi connectivity index (χ3v) is 2.64. The molecule has 1 aliphatic carbocycles. The first-order chi connectivity index (χ1) is 7.66. The zero-order valence-electron chi connectivity index (χ0n) is 8.76. The van der Waals surface area contributed by atoms with Crippen LogP contribution in [-0.4, -0.2) is 16.0 Å². The van der Waals surface area contributed by atoms with E-state index in [1.165, 1.54) is 12.1 Å². The Labute approximate surface area is 92.6 Å². The molecule has 0 atom stereocenters. The molecule has 0 saturated heterocycles. The second-order valence-electron chi connectivity index (χ2n) is 3.84. The molecule has 1 heterocycles. The molecule has 6 heteroatoms. The highest BCUT2D eigenvalue weighted by Crippen LogP contribution is 2.30. The highest BCUT2D eigenvalue weighted by atomic mass is 16.6. The van der Waals surface area contributed by atoms with Crippen LogP contribution in [0.1, 0.15) is 25.7 Å². The van der Waals surface area contributed by atoms with E-state index in [-0.39, 0.29) is 23.5 Å². The van der Waals surface area contributed by atoms with Gasteiger partial charge in [-0.2, -0.15) is 4.98 Å². The van der Waals surface area contributed by atoms with Gasteiger partial charge in [0, 0.05) is 6.07 Å². The number of ether oxygens (including phenoxy) is 1. The van der Waals surface area contributed by atoms with Crippen molar-refractivity contribution >= 4 is 11.5 Å². The summed E-state index contributed by atoms with van der Waals surface area (Å²) in [5.74, 6) is 0.274. The Morgan fingerprint density at radius 3 is 2.75 bits per heavy atom. The highest BCUT2D eigenvalue weighted by molar-refractivity contribution is 5.47. The molecule has 16 heavy (non-hydrogen) atoms. The minimum atomic E-state index is -0.503. The summed E-state index contributed by atoms with van der Waals surface area (Å²) in [6.07, 6.45) is 4.08. The molecule has 0 amide bonds. The number of pyridine rings is 1. The molecule has 86 valence electrons. The van der Waals surface area contributed by atoms with Crippen molar-refractivity contribution in [2.75, 3.05) is 5.73 Å². The van der Waals surface area contributed by atoms with E-state index in [0.29, 0.717) is 0 Å². The molecule has 2 rings (SSSR count). The summed E-state index contributed by atoms with van der Waals surface area (Å²) < 4.78 is 5.52. The first-order valence-corrected chi connectivity index (χ1v) is 5.24. The average molecular weight is 223 g/mol. The van der Waals surface area contributed by atoms with Crippen LogP contribution in [0.15, 0.2) is 12.1 Å². The fourth-order valence-corrected chi connectivity index (χ4v) is 1.84. The van der Waals surface area contributed by atoms with Crippen molar-refractivity contribution in [3.63, 3.8) is 0 Å². The molecular formula is C10H13N3O3.